The third-order valence-corrected chi connectivity index (χ3v) is 5.36. The molecule has 5 heteroatoms. The van der Waals surface area contributed by atoms with Crippen LogP contribution in [0.1, 0.15) is 5.56 Å². The monoisotopic (exact) mass is 326 g/mol. The number of hydrogen-bond acceptors (Lipinski definition) is 4. The first-order chi connectivity index (χ1) is 10.8. The summed E-state index contributed by atoms with van der Waals surface area (Å²) in [6, 6.07) is 12.8. The van der Waals surface area contributed by atoms with E-state index in [4.69, 9.17) is 0 Å². The topological polar surface area (TPSA) is 62.2 Å². The van der Waals surface area contributed by atoms with E-state index in [0.717, 1.165) is 33.1 Å². The average Bonchev–Trinajstić information content (AvgIpc) is 2.50. The standard InChI is InChI=1S/C18H19N2O2P/c1-12-4-5-13(21)10-18(12)20-17-8-9-19-16-7-6-14(11-15(16)17)23(2,3)22/h4-11,21H,1-3H3,(H,19,20). The van der Waals surface area contributed by atoms with Crippen LogP contribution in [0, 0.1) is 6.92 Å². The summed E-state index contributed by atoms with van der Waals surface area (Å²) in [5, 5.41) is 14.8. The molecular weight excluding hydrogens is 307 g/mol. The van der Waals surface area contributed by atoms with E-state index in [1.54, 1.807) is 31.7 Å². The molecule has 1 aromatic heterocycles. The maximum atomic E-state index is 12.4. The molecule has 4 nitrogen and oxygen atoms in total. The summed E-state index contributed by atoms with van der Waals surface area (Å²) in [6.45, 7) is 5.50. The van der Waals surface area contributed by atoms with Gasteiger partial charge in [0.25, 0.3) is 0 Å². The van der Waals surface area contributed by atoms with Gasteiger partial charge in [-0.25, -0.2) is 0 Å². The molecule has 0 atom stereocenters. The fourth-order valence-corrected chi connectivity index (χ4v) is 3.34. The Kier molecular flexibility index (Phi) is 3.87. The van der Waals surface area contributed by atoms with Crippen LogP contribution in [0.5, 0.6) is 5.75 Å². The molecule has 0 aliphatic heterocycles. The van der Waals surface area contributed by atoms with Crippen molar-refractivity contribution in [3.8, 4) is 5.75 Å². The smallest absolute Gasteiger partial charge is 0.117 e. The zero-order valence-electron chi connectivity index (χ0n) is 13.4. The highest BCUT2D eigenvalue weighted by atomic mass is 31.2. The minimum atomic E-state index is -2.34. The van der Waals surface area contributed by atoms with Crippen LogP contribution in [0.15, 0.2) is 48.7 Å². The van der Waals surface area contributed by atoms with Crippen LogP contribution >= 0.6 is 7.14 Å². The van der Waals surface area contributed by atoms with E-state index in [0.29, 0.717) is 0 Å². The highest BCUT2D eigenvalue weighted by Gasteiger charge is 2.13. The Labute approximate surface area is 135 Å². The number of aryl methyl sites for hydroxylation is 1. The van der Waals surface area contributed by atoms with E-state index in [1.807, 2.05) is 37.3 Å². The molecule has 1 heterocycles. The predicted molar refractivity (Wildman–Crippen MR) is 97.0 cm³/mol. The molecule has 3 rings (SSSR count). The van der Waals surface area contributed by atoms with Gasteiger partial charge in [0.1, 0.15) is 12.9 Å². The minimum Gasteiger partial charge on any atom is -0.508 e. The number of aromatic nitrogens is 1. The first kappa shape index (κ1) is 15.6. The normalized spacial score (nSPS) is 11.6. The summed E-state index contributed by atoms with van der Waals surface area (Å²) in [5.74, 6) is 0.212. The van der Waals surface area contributed by atoms with E-state index in [1.165, 1.54) is 0 Å². The number of phenols is 1. The second-order valence-electron chi connectivity index (χ2n) is 6.04. The van der Waals surface area contributed by atoms with Crippen LogP contribution < -0.4 is 10.6 Å². The Morgan fingerprint density at radius 1 is 1.04 bits per heavy atom. The average molecular weight is 326 g/mol. The Morgan fingerprint density at radius 2 is 1.83 bits per heavy atom. The molecule has 0 saturated carbocycles. The molecule has 0 fully saturated rings. The van der Waals surface area contributed by atoms with Crippen LogP contribution in [-0.4, -0.2) is 23.4 Å². The fourth-order valence-electron chi connectivity index (χ4n) is 2.47. The molecular formula is C18H19N2O2P. The molecule has 0 radical (unpaired) electrons. The molecule has 0 spiro atoms. The van der Waals surface area contributed by atoms with Crippen LogP contribution in [0.25, 0.3) is 10.9 Å². The van der Waals surface area contributed by atoms with Crippen molar-refractivity contribution in [2.45, 2.75) is 6.92 Å². The van der Waals surface area contributed by atoms with E-state index in [9.17, 15) is 9.67 Å². The van der Waals surface area contributed by atoms with Crippen LogP contribution in [-0.2, 0) is 4.57 Å². The van der Waals surface area contributed by atoms with Crippen molar-refractivity contribution < 1.29 is 9.67 Å². The second kappa shape index (κ2) is 5.71. The van der Waals surface area contributed by atoms with Gasteiger partial charge in [0, 0.05) is 34.3 Å². The second-order valence-corrected chi connectivity index (χ2v) is 9.25. The van der Waals surface area contributed by atoms with Gasteiger partial charge in [-0.2, -0.15) is 0 Å². The quantitative estimate of drug-likeness (QED) is 0.707. The molecule has 23 heavy (non-hydrogen) atoms. The number of nitrogens with zero attached hydrogens (tertiary/aromatic N) is 1. The number of aromatic hydroxyl groups is 1. The van der Waals surface area contributed by atoms with Crippen molar-refractivity contribution in [1.29, 1.82) is 0 Å². The van der Waals surface area contributed by atoms with E-state index in [-0.39, 0.29) is 5.75 Å². The molecule has 2 aromatic carbocycles. The van der Waals surface area contributed by atoms with Gasteiger partial charge in [-0.05, 0) is 56.1 Å². The molecule has 0 aliphatic rings. The first-order valence-corrected chi connectivity index (χ1v) is 9.96. The van der Waals surface area contributed by atoms with Gasteiger partial charge in [-0.3, -0.25) is 4.98 Å². The van der Waals surface area contributed by atoms with E-state index >= 15 is 0 Å². The summed E-state index contributed by atoms with van der Waals surface area (Å²) >= 11 is 0. The van der Waals surface area contributed by atoms with Crippen molar-refractivity contribution in [2.75, 3.05) is 18.6 Å². The molecule has 0 amide bonds. The maximum absolute atomic E-state index is 12.4. The summed E-state index contributed by atoms with van der Waals surface area (Å²) in [4.78, 5) is 4.37. The highest BCUT2D eigenvalue weighted by Crippen LogP contribution is 2.36. The van der Waals surface area contributed by atoms with Crippen molar-refractivity contribution in [3.05, 3.63) is 54.2 Å². The zero-order chi connectivity index (χ0) is 16.6. The Bertz CT molecular complexity index is 931. The zero-order valence-corrected chi connectivity index (χ0v) is 14.3. The number of phenolic OH excluding ortho intramolecular Hbond substituents is 1. The lowest BCUT2D eigenvalue weighted by Crippen LogP contribution is -2.03. The largest absolute Gasteiger partial charge is 0.508 e. The van der Waals surface area contributed by atoms with Gasteiger partial charge in [0.2, 0.25) is 0 Å². The molecule has 0 unspecified atom stereocenters. The maximum Gasteiger partial charge on any atom is 0.117 e. The minimum absolute atomic E-state index is 0.212. The third kappa shape index (κ3) is 3.22. The predicted octanol–water partition coefficient (Wildman–Crippen LogP) is 4.24. The Hall–Kier alpha value is -2.32. The van der Waals surface area contributed by atoms with Gasteiger partial charge in [0.15, 0.2) is 0 Å². The summed E-state index contributed by atoms with van der Waals surface area (Å²) in [5.41, 5.74) is 3.57. The molecule has 3 aromatic rings. The molecule has 2 N–H and O–H groups in total. The van der Waals surface area contributed by atoms with Crippen LogP contribution in [0.3, 0.4) is 0 Å². The Balaban J connectivity index is 2.13. The molecule has 0 aliphatic carbocycles. The number of nitrogens with one attached hydrogen (secondary N) is 1. The van der Waals surface area contributed by atoms with Crippen LogP contribution in [0.4, 0.5) is 11.4 Å². The first-order valence-electron chi connectivity index (χ1n) is 7.35. The van der Waals surface area contributed by atoms with Crippen molar-refractivity contribution >= 4 is 34.7 Å². The molecule has 0 bridgehead atoms. The third-order valence-electron chi connectivity index (χ3n) is 3.84. The number of fused-ring (bicyclic) bond motifs is 1. The number of benzene rings is 2. The van der Waals surface area contributed by atoms with E-state index < -0.39 is 7.14 Å². The molecule has 0 saturated heterocycles. The Morgan fingerprint density at radius 3 is 2.57 bits per heavy atom. The van der Waals surface area contributed by atoms with Crippen molar-refractivity contribution in [1.82, 2.24) is 4.98 Å². The van der Waals surface area contributed by atoms with Gasteiger partial charge < -0.3 is 15.0 Å². The fraction of sp³-hybridized carbons (Fsp3) is 0.167. The number of anilines is 2. The molecule has 118 valence electrons. The van der Waals surface area contributed by atoms with E-state index in [2.05, 4.69) is 10.3 Å². The SMILES string of the molecule is Cc1ccc(O)cc1Nc1ccnc2ccc(P(C)(C)=O)cc12. The van der Waals surface area contributed by atoms with Gasteiger partial charge in [-0.1, -0.05) is 6.07 Å². The number of hydrogen-bond donors (Lipinski definition) is 2. The van der Waals surface area contributed by atoms with Gasteiger partial charge in [0.05, 0.1) is 5.52 Å². The summed E-state index contributed by atoms with van der Waals surface area (Å²) in [7, 11) is -2.34. The van der Waals surface area contributed by atoms with Crippen molar-refractivity contribution in [3.63, 3.8) is 0 Å². The lowest BCUT2D eigenvalue weighted by Gasteiger charge is -2.14. The van der Waals surface area contributed by atoms with Gasteiger partial charge >= 0.3 is 0 Å². The van der Waals surface area contributed by atoms with Crippen molar-refractivity contribution in [2.24, 2.45) is 0 Å². The highest BCUT2D eigenvalue weighted by molar-refractivity contribution is 7.70. The number of pyridine rings is 1. The summed E-state index contributed by atoms with van der Waals surface area (Å²) < 4.78 is 12.4. The summed E-state index contributed by atoms with van der Waals surface area (Å²) in [6.07, 6.45) is 1.74. The lowest BCUT2D eigenvalue weighted by atomic mass is 10.1. The number of rotatable bonds is 3. The van der Waals surface area contributed by atoms with Gasteiger partial charge in [-0.15, -0.1) is 0 Å². The van der Waals surface area contributed by atoms with Crippen LogP contribution in [0.2, 0.25) is 0 Å². The lowest BCUT2D eigenvalue weighted by molar-refractivity contribution is 0.475.